The number of hydrogen-bond acceptors (Lipinski definition) is 4. The van der Waals surface area contributed by atoms with Crippen molar-refractivity contribution in [3.63, 3.8) is 0 Å². The lowest BCUT2D eigenvalue weighted by Crippen LogP contribution is -2.05. The molecule has 1 aromatic heterocycles. The van der Waals surface area contributed by atoms with E-state index in [1.165, 1.54) is 0 Å². The third-order valence-electron chi connectivity index (χ3n) is 2.44. The van der Waals surface area contributed by atoms with Gasteiger partial charge >= 0.3 is 0 Å². The van der Waals surface area contributed by atoms with Crippen molar-refractivity contribution in [2.24, 2.45) is 0 Å². The van der Waals surface area contributed by atoms with Crippen LogP contribution in [0.1, 0.15) is 19.4 Å². The molecule has 0 aliphatic rings. The van der Waals surface area contributed by atoms with Crippen molar-refractivity contribution in [1.29, 1.82) is 0 Å². The summed E-state index contributed by atoms with van der Waals surface area (Å²) in [5.41, 5.74) is 8.20. The molecule has 4 nitrogen and oxygen atoms in total. The van der Waals surface area contributed by atoms with Gasteiger partial charge < -0.3 is 15.0 Å². The van der Waals surface area contributed by atoms with Crippen molar-refractivity contribution < 1.29 is 9.26 Å². The van der Waals surface area contributed by atoms with Crippen LogP contribution in [0.5, 0.6) is 5.75 Å². The molecule has 0 saturated heterocycles. The van der Waals surface area contributed by atoms with Crippen LogP contribution in [0.15, 0.2) is 28.8 Å². The first-order valence-electron chi connectivity index (χ1n) is 5.56. The smallest absolute Gasteiger partial charge is 0.225 e. The maximum atomic E-state index is 5.64. The van der Waals surface area contributed by atoms with Gasteiger partial charge in [0.25, 0.3) is 0 Å². The lowest BCUT2D eigenvalue weighted by Gasteiger charge is -2.10. The molecule has 0 aliphatic heterocycles. The van der Waals surface area contributed by atoms with Gasteiger partial charge in [0.15, 0.2) is 0 Å². The van der Waals surface area contributed by atoms with Gasteiger partial charge in [0.1, 0.15) is 11.4 Å². The first-order chi connectivity index (χ1) is 8.08. The summed E-state index contributed by atoms with van der Waals surface area (Å²) >= 11 is 0. The maximum absolute atomic E-state index is 5.64. The number of aromatic nitrogens is 1. The average Bonchev–Trinajstić information content (AvgIpc) is 2.59. The van der Waals surface area contributed by atoms with Crippen molar-refractivity contribution >= 4 is 5.88 Å². The average molecular weight is 232 g/mol. The summed E-state index contributed by atoms with van der Waals surface area (Å²) in [4.78, 5) is 0. The second-order valence-corrected chi connectivity index (χ2v) is 4.21. The molecule has 0 aliphatic carbocycles. The first-order valence-corrected chi connectivity index (χ1v) is 5.56. The van der Waals surface area contributed by atoms with E-state index in [2.05, 4.69) is 5.16 Å². The highest BCUT2D eigenvalue weighted by Gasteiger charge is 2.11. The molecule has 0 unspecified atom stereocenters. The Bertz CT molecular complexity index is 518. The molecule has 0 radical (unpaired) electrons. The molecule has 0 atom stereocenters. The van der Waals surface area contributed by atoms with E-state index in [1.54, 1.807) is 0 Å². The third kappa shape index (κ3) is 2.41. The number of benzene rings is 1. The maximum Gasteiger partial charge on any atom is 0.225 e. The van der Waals surface area contributed by atoms with Crippen LogP contribution >= 0.6 is 0 Å². The Hall–Kier alpha value is -1.97. The van der Waals surface area contributed by atoms with Gasteiger partial charge in [-0.05, 0) is 32.9 Å². The molecule has 2 N–H and O–H groups in total. The molecule has 4 heteroatoms. The largest absolute Gasteiger partial charge is 0.491 e. The van der Waals surface area contributed by atoms with Crippen LogP contribution in [0.3, 0.4) is 0 Å². The Labute approximate surface area is 100 Å². The van der Waals surface area contributed by atoms with Crippen molar-refractivity contribution in [1.82, 2.24) is 5.16 Å². The molecule has 1 aromatic carbocycles. The zero-order valence-corrected chi connectivity index (χ0v) is 10.2. The number of nitrogen functional groups attached to an aromatic ring is 1. The van der Waals surface area contributed by atoms with E-state index < -0.39 is 0 Å². The molecule has 0 bridgehead atoms. The molecule has 0 fully saturated rings. The molecular formula is C13H16N2O2. The van der Waals surface area contributed by atoms with Gasteiger partial charge in [-0.2, -0.15) is 0 Å². The van der Waals surface area contributed by atoms with Crippen LogP contribution < -0.4 is 10.5 Å². The lowest BCUT2D eigenvalue weighted by molar-refractivity contribution is 0.242. The van der Waals surface area contributed by atoms with E-state index in [9.17, 15) is 0 Å². The Kier molecular flexibility index (Phi) is 3.04. The fourth-order valence-electron chi connectivity index (χ4n) is 1.61. The first kappa shape index (κ1) is 11.5. The zero-order chi connectivity index (χ0) is 12.4. The summed E-state index contributed by atoms with van der Waals surface area (Å²) in [6, 6.07) is 7.74. The SMILES string of the molecule is Cc1c(-c2cccc(OC(C)C)c2)noc1N. The molecule has 0 amide bonds. The van der Waals surface area contributed by atoms with Gasteiger partial charge in [0, 0.05) is 11.1 Å². The molecule has 2 aromatic rings. The summed E-state index contributed by atoms with van der Waals surface area (Å²) in [6.07, 6.45) is 0.147. The number of anilines is 1. The van der Waals surface area contributed by atoms with Crippen molar-refractivity contribution in [2.75, 3.05) is 5.73 Å². The van der Waals surface area contributed by atoms with E-state index in [1.807, 2.05) is 45.0 Å². The van der Waals surface area contributed by atoms with Crippen LogP contribution in [0.2, 0.25) is 0 Å². The number of nitrogens with two attached hydrogens (primary N) is 1. The van der Waals surface area contributed by atoms with Crippen LogP contribution in [0.25, 0.3) is 11.3 Å². The number of hydrogen-bond donors (Lipinski definition) is 1. The van der Waals surface area contributed by atoms with Crippen LogP contribution in [-0.2, 0) is 0 Å². The second kappa shape index (κ2) is 4.49. The molecule has 2 rings (SSSR count). The predicted octanol–water partition coefficient (Wildman–Crippen LogP) is 3.02. The summed E-state index contributed by atoms with van der Waals surface area (Å²) in [5, 5.41) is 3.95. The number of nitrogens with zero attached hydrogens (tertiary/aromatic N) is 1. The van der Waals surface area contributed by atoms with Crippen LogP contribution in [-0.4, -0.2) is 11.3 Å². The predicted molar refractivity (Wildman–Crippen MR) is 66.9 cm³/mol. The van der Waals surface area contributed by atoms with Gasteiger partial charge in [-0.1, -0.05) is 17.3 Å². The highest BCUT2D eigenvalue weighted by atomic mass is 16.5. The molecular weight excluding hydrogens is 216 g/mol. The second-order valence-electron chi connectivity index (χ2n) is 4.21. The molecule has 0 spiro atoms. The molecule has 90 valence electrons. The standard InChI is InChI=1S/C13H16N2O2/c1-8(2)16-11-6-4-5-10(7-11)12-9(3)13(14)17-15-12/h4-8H,14H2,1-3H3. The third-order valence-corrected chi connectivity index (χ3v) is 2.44. The number of rotatable bonds is 3. The monoisotopic (exact) mass is 232 g/mol. The lowest BCUT2D eigenvalue weighted by atomic mass is 10.1. The van der Waals surface area contributed by atoms with E-state index in [4.69, 9.17) is 15.0 Å². The van der Waals surface area contributed by atoms with Gasteiger partial charge in [0.2, 0.25) is 5.88 Å². The Morgan fingerprint density at radius 2 is 2.12 bits per heavy atom. The highest BCUT2D eigenvalue weighted by molar-refractivity contribution is 5.67. The molecule has 1 heterocycles. The van der Waals surface area contributed by atoms with Gasteiger partial charge in [-0.25, -0.2) is 0 Å². The minimum absolute atomic E-state index is 0.147. The Morgan fingerprint density at radius 1 is 1.35 bits per heavy atom. The minimum Gasteiger partial charge on any atom is -0.491 e. The molecule has 0 saturated carbocycles. The number of ether oxygens (including phenoxy) is 1. The summed E-state index contributed by atoms with van der Waals surface area (Å²) < 4.78 is 10.6. The topological polar surface area (TPSA) is 61.3 Å². The van der Waals surface area contributed by atoms with E-state index in [0.29, 0.717) is 5.88 Å². The molecule has 17 heavy (non-hydrogen) atoms. The summed E-state index contributed by atoms with van der Waals surface area (Å²) in [7, 11) is 0. The van der Waals surface area contributed by atoms with Crippen LogP contribution in [0.4, 0.5) is 5.88 Å². The highest BCUT2D eigenvalue weighted by Crippen LogP contribution is 2.28. The van der Waals surface area contributed by atoms with E-state index >= 15 is 0 Å². The Morgan fingerprint density at radius 3 is 2.71 bits per heavy atom. The normalized spacial score (nSPS) is 10.8. The van der Waals surface area contributed by atoms with Crippen molar-refractivity contribution in [2.45, 2.75) is 26.9 Å². The van der Waals surface area contributed by atoms with Gasteiger partial charge in [-0.15, -0.1) is 0 Å². The minimum atomic E-state index is 0.147. The van der Waals surface area contributed by atoms with E-state index in [-0.39, 0.29) is 6.10 Å². The zero-order valence-electron chi connectivity index (χ0n) is 10.2. The fraction of sp³-hybridized carbons (Fsp3) is 0.308. The van der Waals surface area contributed by atoms with Gasteiger partial charge in [0.05, 0.1) is 6.10 Å². The fourth-order valence-corrected chi connectivity index (χ4v) is 1.61. The summed E-state index contributed by atoms with van der Waals surface area (Å²) in [5.74, 6) is 1.17. The van der Waals surface area contributed by atoms with Crippen molar-refractivity contribution in [3.8, 4) is 17.0 Å². The van der Waals surface area contributed by atoms with Crippen molar-refractivity contribution in [3.05, 3.63) is 29.8 Å². The van der Waals surface area contributed by atoms with Gasteiger partial charge in [-0.3, -0.25) is 0 Å². The van der Waals surface area contributed by atoms with E-state index in [0.717, 1.165) is 22.6 Å². The Balaban J connectivity index is 2.36. The quantitative estimate of drug-likeness (QED) is 0.883. The summed E-state index contributed by atoms with van der Waals surface area (Å²) in [6.45, 7) is 5.87. The van der Waals surface area contributed by atoms with Crippen LogP contribution in [0, 0.1) is 6.92 Å².